The average Bonchev–Trinajstić information content (AvgIpc) is 3.11. The molecular weight excluding hydrogens is 352 g/mol. The minimum atomic E-state index is 0.0689. The second kappa shape index (κ2) is 7.41. The maximum Gasteiger partial charge on any atom is 0.230 e. The number of hydrogen-bond donors (Lipinski definition) is 1. The molecule has 0 saturated heterocycles. The molecule has 1 N–H and O–H groups in total. The smallest absolute Gasteiger partial charge is 0.230 e. The summed E-state index contributed by atoms with van der Waals surface area (Å²) >= 11 is 3.09. The van der Waals surface area contributed by atoms with Crippen LogP contribution in [0.3, 0.4) is 0 Å². The first-order chi connectivity index (χ1) is 12.3. The number of amides is 1. The molecule has 0 radical (unpaired) electrons. The van der Waals surface area contributed by atoms with Gasteiger partial charge >= 0.3 is 0 Å². The fraction of sp³-hybridized carbons (Fsp3) is 0.278. The van der Waals surface area contributed by atoms with E-state index in [-0.39, 0.29) is 5.91 Å². The standard InChI is InChI=1S/C18H18N4OS2/c23-16(19-14-8-9-14)12-25-18-21-20-17(15-7-4-10-24-15)22(18)11-13-5-2-1-3-6-13/h1-7,10,14H,8-9,11-12H2,(H,19,23). The Labute approximate surface area is 154 Å². The van der Waals surface area contributed by atoms with E-state index in [9.17, 15) is 4.79 Å². The van der Waals surface area contributed by atoms with Gasteiger partial charge in [-0.1, -0.05) is 48.2 Å². The van der Waals surface area contributed by atoms with E-state index in [1.165, 1.54) is 17.3 Å². The number of carbonyl (C=O) groups excluding carboxylic acids is 1. The van der Waals surface area contributed by atoms with E-state index in [2.05, 4.69) is 32.2 Å². The number of thiophene rings is 1. The summed E-state index contributed by atoms with van der Waals surface area (Å²) < 4.78 is 2.09. The van der Waals surface area contributed by atoms with Crippen LogP contribution in [-0.4, -0.2) is 32.5 Å². The SMILES string of the molecule is O=C(CSc1nnc(-c2cccs2)n1Cc1ccccc1)NC1CC1. The van der Waals surface area contributed by atoms with Crippen LogP contribution in [0.2, 0.25) is 0 Å². The van der Waals surface area contributed by atoms with Gasteiger partial charge in [-0.15, -0.1) is 21.5 Å². The number of rotatable bonds is 7. The quantitative estimate of drug-likeness (QED) is 0.648. The maximum absolute atomic E-state index is 12.0. The molecule has 128 valence electrons. The van der Waals surface area contributed by atoms with Gasteiger partial charge in [0.1, 0.15) is 0 Å². The van der Waals surface area contributed by atoms with Crippen LogP contribution < -0.4 is 5.32 Å². The second-order valence-corrected chi connectivity index (χ2v) is 7.88. The number of aromatic nitrogens is 3. The molecular formula is C18H18N4OS2. The molecule has 0 aliphatic heterocycles. The van der Waals surface area contributed by atoms with Gasteiger partial charge in [0.2, 0.25) is 5.91 Å². The van der Waals surface area contributed by atoms with Gasteiger partial charge < -0.3 is 5.32 Å². The average molecular weight is 371 g/mol. The van der Waals surface area contributed by atoms with Crippen molar-refractivity contribution in [3.8, 4) is 10.7 Å². The van der Waals surface area contributed by atoms with Gasteiger partial charge in [-0.25, -0.2) is 0 Å². The number of carbonyl (C=O) groups is 1. The van der Waals surface area contributed by atoms with Crippen molar-refractivity contribution in [1.82, 2.24) is 20.1 Å². The van der Waals surface area contributed by atoms with Gasteiger partial charge in [-0.05, 0) is 29.9 Å². The van der Waals surface area contributed by atoms with Crippen molar-refractivity contribution in [1.29, 1.82) is 0 Å². The summed E-state index contributed by atoms with van der Waals surface area (Å²) in [4.78, 5) is 13.1. The predicted octanol–water partition coefficient (Wildman–Crippen LogP) is 3.43. The zero-order valence-corrected chi connectivity index (χ0v) is 15.2. The fourth-order valence-electron chi connectivity index (χ4n) is 2.52. The molecule has 2 heterocycles. The zero-order chi connectivity index (χ0) is 17.1. The Morgan fingerprint density at radius 2 is 2.04 bits per heavy atom. The Kier molecular flexibility index (Phi) is 4.85. The maximum atomic E-state index is 12.0. The first-order valence-electron chi connectivity index (χ1n) is 8.23. The zero-order valence-electron chi connectivity index (χ0n) is 13.6. The topological polar surface area (TPSA) is 59.8 Å². The third-order valence-corrected chi connectivity index (χ3v) is 5.75. The van der Waals surface area contributed by atoms with Crippen molar-refractivity contribution in [3.05, 3.63) is 53.4 Å². The monoisotopic (exact) mass is 370 g/mol. The van der Waals surface area contributed by atoms with Crippen LogP contribution in [0.5, 0.6) is 0 Å². The normalized spacial score (nSPS) is 13.8. The highest BCUT2D eigenvalue weighted by atomic mass is 32.2. The van der Waals surface area contributed by atoms with Crippen LogP contribution in [0.4, 0.5) is 0 Å². The summed E-state index contributed by atoms with van der Waals surface area (Å²) in [5.41, 5.74) is 1.18. The molecule has 1 fully saturated rings. The van der Waals surface area contributed by atoms with Crippen LogP contribution in [-0.2, 0) is 11.3 Å². The molecule has 25 heavy (non-hydrogen) atoms. The van der Waals surface area contributed by atoms with Gasteiger partial charge in [-0.3, -0.25) is 9.36 Å². The molecule has 1 aliphatic rings. The third-order valence-electron chi connectivity index (χ3n) is 3.92. The van der Waals surface area contributed by atoms with Crippen LogP contribution in [0.25, 0.3) is 10.7 Å². The van der Waals surface area contributed by atoms with Crippen LogP contribution in [0, 0.1) is 0 Å². The molecule has 0 bridgehead atoms. The second-order valence-electron chi connectivity index (χ2n) is 5.99. The molecule has 3 aromatic rings. The van der Waals surface area contributed by atoms with Crippen LogP contribution in [0.1, 0.15) is 18.4 Å². The first kappa shape index (κ1) is 16.4. The molecule has 2 aromatic heterocycles. The van der Waals surface area contributed by atoms with Crippen molar-refractivity contribution < 1.29 is 4.79 Å². The van der Waals surface area contributed by atoms with Crippen molar-refractivity contribution >= 4 is 29.0 Å². The summed E-state index contributed by atoms with van der Waals surface area (Å²) in [7, 11) is 0. The Morgan fingerprint density at radius 1 is 1.20 bits per heavy atom. The van der Waals surface area contributed by atoms with E-state index in [1.54, 1.807) is 11.3 Å². The summed E-state index contributed by atoms with van der Waals surface area (Å²) in [6, 6.07) is 14.7. The van der Waals surface area contributed by atoms with E-state index < -0.39 is 0 Å². The minimum Gasteiger partial charge on any atom is -0.353 e. The van der Waals surface area contributed by atoms with Gasteiger partial charge in [0.05, 0.1) is 17.2 Å². The number of nitrogens with zero attached hydrogens (tertiary/aromatic N) is 3. The van der Waals surface area contributed by atoms with Gasteiger partial charge in [0.25, 0.3) is 0 Å². The molecule has 1 saturated carbocycles. The Hall–Kier alpha value is -2.12. The molecule has 0 atom stereocenters. The molecule has 7 heteroatoms. The molecule has 1 amide bonds. The molecule has 1 aromatic carbocycles. The highest BCUT2D eigenvalue weighted by Gasteiger charge is 2.23. The molecule has 0 unspecified atom stereocenters. The number of thioether (sulfide) groups is 1. The third kappa shape index (κ3) is 4.11. The largest absolute Gasteiger partial charge is 0.353 e. The fourth-order valence-corrected chi connectivity index (χ4v) is 3.99. The lowest BCUT2D eigenvalue weighted by atomic mass is 10.2. The van der Waals surface area contributed by atoms with E-state index in [4.69, 9.17) is 0 Å². The Bertz CT molecular complexity index is 841. The van der Waals surface area contributed by atoms with Crippen molar-refractivity contribution in [2.24, 2.45) is 0 Å². The molecule has 1 aliphatic carbocycles. The summed E-state index contributed by atoms with van der Waals surface area (Å²) in [6.45, 7) is 0.688. The van der Waals surface area contributed by atoms with Crippen molar-refractivity contribution in [2.75, 3.05) is 5.75 Å². The minimum absolute atomic E-state index is 0.0689. The van der Waals surface area contributed by atoms with E-state index in [0.717, 1.165) is 28.7 Å². The van der Waals surface area contributed by atoms with E-state index >= 15 is 0 Å². The lowest BCUT2D eigenvalue weighted by molar-refractivity contribution is -0.118. The first-order valence-corrected chi connectivity index (χ1v) is 10.1. The number of benzene rings is 1. The molecule has 4 rings (SSSR count). The van der Waals surface area contributed by atoms with Gasteiger partial charge in [0.15, 0.2) is 11.0 Å². The van der Waals surface area contributed by atoms with Crippen LogP contribution >= 0.6 is 23.1 Å². The van der Waals surface area contributed by atoms with Crippen molar-refractivity contribution in [2.45, 2.75) is 30.6 Å². The lowest BCUT2D eigenvalue weighted by Crippen LogP contribution is -2.27. The molecule has 0 spiro atoms. The lowest BCUT2D eigenvalue weighted by Gasteiger charge is -2.09. The van der Waals surface area contributed by atoms with Gasteiger partial charge in [0, 0.05) is 6.04 Å². The highest BCUT2D eigenvalue weighted by Crippen LogP contribution is 2.28. The van der Waals surface area contributed by atoms with E-state index in [1.807, 2.05) is 35.7 Å². The summed E-state index contributed by atoms with van der Waals surface area (Å²) in [5, 5.41) is 14.5. The Morgan fingerprint density at radius 3 is 2.76 bits per heavy atom. The molecule has 5 nitrogen and oxygen atoms in total. The van der Waals surface area contributed by atoms with Crippen molar-refractivity contribution in [3.63, 3.8) is 0 Å². The predicted molar refractivity (Wildman–Crippen MR) is 101 cm³/mol. The number of hydrogen-bond acceptors (Lipinski definition) is 5. The number of nitrogens with one attached hydrogen (secondary N) is 1. The summed E-state index contributed by atoms with van der Waals surface area (Å²) in [6.07, 6.45) is 2.20. The van der Waals surface area contributed by atoms with E-state index in [0.29, 0.717) is 18.3 Å². The Balaban J connectivity index is 1.56. The summed E-state index contributed by atoms with van der Waals surface area (Å²) in [5.74, 6) is 1.29. The highest BCUT2D eigenvalue weighted by molar-refractivity contribution is 7.99. The van der Waals surface area contributed by atoms with Crippen LogP contribution in [0.15, 0.2) is 53.0 Å². The van der Waals surface area contributed by atoms with Gasteiger partial charge in [-0.2, -0.15) is 0 Å².